The summed E-state index contributed by atoms with van der Waals surface area (Å²) in [6.45, 7) is 1.85. The monoisotopic (exact) mass is 276 g/mol. The lowest BCUT2D eigenvalue weighted by atomic mass is 9.95. The largest absolute Gasteiger partial charge is 0.481 e. The predicted octanol–water partition coefficient (Wildman–Crippen LogP) is 2.85. The second kappa shape index (κ2) is 5.80. The highest BCUT2D eigenvalue weighted by Gasteiger charge is 2.23. The molecule has 4 nitrogen and oxygen atoms in total. The molecular formula is C14H13ClN2O2. The lowest BCUT2D eigenvalue weighted by molar-refractivity contribution is -0.138. The van der Waals surface area contributed by atoms with Crippen molar-refractivity contribution in [1.82, 2.24) is 10.2 Å². The summed E-state index contributed by atoms with van der Waals surface area (Å²) in [5.74, 6) is -1.67. The van der Waals surface area contributed by atoms with Gasteiger partial charge in [-0.15, -0.1) is 0 Å². The quantitative estimate of drug-likeness (QED) is 0.933. The molecule has 1 unspecified atom stereocenters. The highest BCUT2D eigenvalue weighted by Crippen LogP contribution is 2.24. The van der Waals surface area contributed by atoms with Crippen molar-refractivity contribution >= 4 is 17.6 Å². The third-order valence-electron chi connectivity index (χ3n) is 2.85. The summed E-state index contributed by atoms with van der Waals surface area (Å²) in [5, 5.41) is 17.6. The summed E-state index contributed by atoms with van der Waals surface area (Å²) in [5.41, 5.74) is 2.13. The Morgan fingerprint density at radius 2 is 2.16 bits per heavy atom. The predicted molar refractivity (Wildman–Crippen MR) is 72.3 cm³/mol. The van der Waals surface area contributed by atoms with Gasteiger partial charge in [0, 0.05) is 5.02 Å². The fourth-order valence-corrected chi connectivity index (χ4v) is 2.07. The topological polar surface area (TPSA) is 63.1 Å². The Labute approximate surface area is 116 Å². The number of aromatic nitrogens is 2. The maximum atomic E-state index is 11.4. The van der Waals surface area contributed by atoms with Gasteiger partial charge in [0.05, 0.1) is 11.9 Å². The number of aryl methyl sites for hydroxylation is 1. The van der Waals surface area contributed by atoms with E-state index in [4.69, 9.17) is 11.6 Å². The highest BCUT2D eigenvalue weighted by molar-refractivity contribution is 6.31. The van der Waals surface area contributed by atoms with E-state index in [9.17, 15) is 9.90 Å². The van der Waals surface area contributed by atoms with E-state index >= 15 is 0 Å². The van der Waals surface area contributed by atoms with Crippen LogP contribution in [0.25, 0.3) is 0 Å². The third kappa shape index (κ3) is 3.29. The zero-order chi connectivity index (χ0) is 13.8. The Kier molecular flexibility index (Phi) is 4.12. The number of carboxylic acid groups (broad SMARTS) is 1. The molecule has 1 atom stereocenters. The molecule has 2 aromatic rings. The molecule has 19 heavy (non-hydrogen) atoms. The molecular weight excluding hydrogens is 264 g/mol. The van der Waals surface area contributed by atoms with Crippen LogP contribution in [0.1, 0.15) is 22.7 Å². The zero-order valence-electron chi connectivity index (χ0n) is 10.4. The molecule has 0 spiro atoms. The zero-order valence-corrected chi connectivity index (χ0v) is 11.1. The van der Waals surface area contributed by atoms with Gasteiger partial charge < -0.3 is 5.11 Å². The first-order chi connectivity index (χ1) is 9.08. The van der Waals surface area contributed by atoms with Gasteiger partial charge in [-0.3, -0.25) is 4.79 Å². The molecule has 0 saturated carbocycles. The lowest BCUT2D eigenvalue weighted by Crippen LogP contribution is -2.16. The lowest BCUT2D eigenvalue weighted by Gasteiger charge is -2.12. The molecule has 1 N–H and O–H groups in total. The van der Waals surface area contributed by atoms with Crippen LogP contribution in [0.3, 0.4) is 0 Å². The minimum Gasteiger partial charge on any atom is -0.481 e. The Morgan fingerprint density at radius 3 is 2.79 bits per heavy atom. The van der Waals surface area contributed by atoms with Crippen molar-refractivity contribution in [3.05, 3.63) is 58.4 Å². The average molecular weight is 277 g/mol. The minimum atomic E-state index is -0.931. The van der Waals surface area contributed by atoms with Gasteiger partial charge in [0.1, 0.15) is 5.92 Å². The Bertz CT molecular complexity index is 602. The molecule has 0 aliphatic rings. The highest BCUT2D eigenvalue weighted by atomic mass is 35.5. The van der Waals surface area contributed by atoms with Crippen molar-refractivity contribution < 1.29 is 9.90 Å². The van der Waals surface area contributed by atoms with E-state index in [1.165, 1.54) is 0 Å². The van der Waals surface area contributed by atoms with Gasteiger partial charge in [-0.1, -0.05) is 29.8 Å². The van der Waals surface area contributed by atoms with Crippen molar-refractivity contribution in [2.24, 2.45) is 0 Å². The first-order valence-electron chi connectivity index (χ1n) is 5.83. The van der Waals surface area contributed by atoms with Crippen LogP contribution < -0.4 is 0 Å². The fraction of sp³-hybridized carbons (Fsp3) is 0.214. The van der Waals surface area contributed by atoms with Crippen LogP contribution >= 0.6 is 11.6 Å². The summed E-state index contributed by atoms with van der Waals surface area (Å²) in [6, 6.07) is 8.96. The maximum absolute atomic E-state index is 11.4. The molecule has 1 heterocycles. The van der Waals surface area contributed by atoms with E-state index < -0.39 is 11.9 Å². The van der Waals surface area contributed by atoms with Crippen LogP contribution in [0.5, 0.6) is 0 Å². The van der Waals surface area contributed by atoms with Crippen molar-refractivity contribution in [3.63, 3.8) is 0 Å². The van der Waals surface area contributed by atoms with Crippen LogP contribution in [-0.2, 0) is 11.2 Å². The first kappa shape index (κ1) is 13.5. The molecule has 98 valence electrons. The van der Waals surface area contributed by atoms with Gasteiger partial charge in [0.25, 0.3) is 0 Å². The number of carbonyl (C=O) groups is 1. The number of carboxylic acids is 1. The second-order valence-corrected chi connectivity index (χ2v) is 4.75. The van der Waals surface area contributed by atoms with Crippen LogP contribution in [0.4, 0.5) is 0 Å². The molecule has 0 bridgehead atoms. The Balaban J connectivity index is 2.32. The molecule has 2 rings (SSSR count). The number of hydrogen-bond donors (Lipinski definition) is 1. The molecule has 0 amide bonds. The van der Waals surface area contributed by atoms with Crippen molar-refractivity contribution in [2.75, 3.05) is 0 Å². The molecule has 0 radical (unpaired) electrons. The Morgan fingerprint density at radius 1 is 1.42 bits per heavy atom. The van der Waals surface area contributed by atoms with E-state index in [-0.39, 0.29) is 0 Å². The second-order valence-electron chi connectivity index (χ2n) is 4.34. The normalized spacial score (nSPS) is 12.1. The SMILES string of the molecule is Cc1cnnc(C(Cc2ccccc2Cl)C(=O)O)c1. The standard InChI is InChI=1S/C14H13ClN2O2/c1-9-6-13(17-16-8-9)11(14(18)19)7-10-4-2-3-5-12(10)15/h2-6,8,11H,7H2,1H3,(H,18,19). The molecule has 5 heteroatoms. The molecule has 1 aromatic heterocycles. The van der Waals surface area contributed by atoms with Gasteiger partial charge >= 0.3 is 5.97 Å². The van der Waals surface area contributed by atoms with Crippen molar-refractivity contribution in [1.29, 1.82) is 0 Å². The fourth-order valence-electron chi connectivity index (χ4n) is 1.86. The smallest absolute Gasteiger partial charge is 0.313 e. The number of hydrogen-bond acceptors (Lipinski definition) is 3. The van der Waals surface area contributed by atoms with Crippen LogP contribution in [0.15, 0.2) is 36.5 Å². The number of aliphatic carboxylic acids is 1. The summed E-state index contributed by atoms with van der Waals surface area (Å²) in [4.78, 5) is 11.4. The van der Waals surface area contributed by atoms with Gasteiger partial charge in [0.15, 0.2) is 0 Å². The number of halogens is 1. The molecule has 0 saturated heterocycles. The molecule has 0 aliphatic carbocycles. The summed E-state index contributed by atoms with van der Waals surface area (Å²) in [7, 11) is 0. The molecule has 1 aromatic carbocycles. The van der Waals surface area contributed by atoms with Crippen molar-refractivity contribution in [3.8, 4) is 0 Å². The van der Waals surface area contributed by atoms with E-state index in [0.717, 1.165) is 11.1 Å². The van der Waals surface area contributed by atoms with E-state index in [0.29, 0.717) is 17.1 Å². The van der Waals surface area contributed by atoms with Gasteiger partial charge in [-0.25, -0.2) is 0 Å². The Hall–Kier alpha value is -1.94. The van der Waals surface area contributed by atoms with Crippen molar-refractivity contribution in [2.45, 2.75) is 19.3 Å². The van der Waals surface area contributed by atoms with Crippen LogP contribution in [-0.4, -0.2) is 21.3 Å². The number of rotatable bonds is 4. The van der Waals surface area contributed by atoms with Gasteiger partial charge in [-0.05, 0) is 36.6 Å². The summed E-state index contributed by atoms with van der Waals surface area (Å²) >= 11 is 6.06. The summed E-state index contributed by atoms with van der Waals surface area (Å²) < 4.78 is 0. The van der Waals surface area contributed by atoms with E-state index in [1.807, 2.05) is 25.1 Å². The van der Waals surface area contributed by atoms with E-state index in [1.54, 1.807) is 18.3 Å². The minimum absolute atomic E-state index is 0.299. The first-order valence-corrected chi connectivity index (χ1v) is 6.21. The van der Waals surface area contributed by atoms with E-state index in [2.05, 4.69) is 10.2 Å². The van der Waals surface area contributed by atoms with Gasteiger partial charge in [0.2, 0.25) is 0 Å². The molecule has 0 aliphatic heterocycles. The number of benzene rings is 1. The van der Waals surface area contributed by atoms with Gasteiger partial charge in [-0.2, -0.15) is 10.2 Å². The third-order valence-corrected chi connectivity index (χ3v) is 3.22. The van der Waals surface area contributed by atoms with Crippen LogP contribution in [0.2, 0.25) is 5.02 Å². The molecule has 0 fully saturated rings. The number of nitrogens with zero attached hydrogens (tertiary/aromatic N) is 2. The van der Waals surface area contributed by atoms with Crippen LogP contribution in [0, 0.1) is 6.92 Å². The summed E-state index contributed by atoms with van der Waals surface area (Å²) in [6.07, 6.45) is 1.89. The average Bonchev–Trinajstić information content (AvgIpc) is 2.37. The maximum Gasteiger partial charge on any atom is 0.313 e.